The Morgan fingerprint density at radius 1 is 0.515 bits per heavy atom. The molecule has 0 spiro atoms. The molecule has 2 fully saturated rings. The third-order valence-corrected chi connectivity index (χ3v) is 11.5. The number of nitrogens with two attached hydrogens (primary N) is 1. The van der Waals surface area contributed by atoms with E-state index in [0.717, 1.165) is 78.1 Å². The van der Waals surface area contributed by atoms with Crippen molar-refractivity contribution in [2.45, 2.75) is 37.5 Å². The number of pyridine rings is 3. The highest BCUT2D eigenvalue weighted by molar-refractivity contribution is 6.17. The number of benzene rings is 4. The van der Waals surface area contributed by atoms with E-state index in [1.165, 1.54) is 48.5 Å². The third-order valence-electron chi connectivity index (χ3n) is 11.2. The Kier molecular flexibility index (Phi) is 19.3. The lowest BCUT2D eigenvalue weighted by atomic mass is 9.87. The van der Waals surface area contributed by atoms with Gasteiger partial charge in [-0.25, -0.2) is 27.2 Å². The van der Waals surface area contributed by atoms with Crippen LogP contribution in [0.3, 0.4) is 0 Å². The molecule has 68 heavy (non-hydrogen) atoms. The number of alkyl halides is 1. The number of carbonyl (C=O) groups excluding carboxylic acids is 2. The normalized spacial score (nSPS) is 13.0. The number of nitrogens with one attached hydrogen (secondary N) is 1. The zero-order valence-electron chi connectivity index (χ0n) is 37.4. The summed E-state index contributed by atoms with van der Waals surface area (Å²) in [4.78, 5) is 40.9. The summed E-state index contributed by atoms with van der Waals surface area (Å²) in [6, 6.07) is 36.6. The van der Waals surface area contributed by atoms with Crippen LogP contribution in [0.1, 0.15) is 59.8 Å². The van der Waals surface area contributed by atoms with Gasteiger partial charge in [-0.15, -0.1) is 11.6 Å². The van der Waals surface area contributed by atoms with Crippen LogP contribution in [-0.4, -0.2) is 70.5 Å². The van der Waals surface area contributed by atoms with Gasteiger partial charge in [0, 0.05) is 105 Å². The molecule has 352 valence electrons. The minimum absolute atomic E-state index is 0.00122. The molecule has 0 radical (unpaired) electrons. The second-order valence-corrected chi connectivity index (χ2v) is 16.2. The molecule has 2 aliphatic rings. The number of hydrogen-bond donors (Lipinski definition) is 2. The van der Waals surface area contributed by atoms with Crippen molar-refractivity contribution in [2.75, 3.05) is 54.1 Å². The van der Waals surface area contributed by atoms with E-state index >= 15 is 0 Å². The van der Waals surface area contributed by atoms with Gasteiger partial charge < -0.3 is 16.0 Å². The van der Waals surface area contributed by atoms with Crippen molar-refractivity contribution in [3.05, 3.63) is 216 Å². The number of halogens is 5. The zero-order valence-corrected chi connectivity index (χ0v) is 38.1. The number of carbonyl (C=O) groups is 2. The molecule has 2 aliphatic heterocycles. The van der Waals surface area contributed by atoms with Crippen molar-refractivity contribution in [2.24, 2.45) is 0 Å². The minimum Gasteiger partial charge on any atom is -0.399 e. The largest absolute Gasteiger partial charge is 0.399 e. The van der Waals surface area contributed by atoms with Gasteiger partial charge in [-0.3, -0.25) is 24.8 Å². The van der Waals surface area contributed by atoms with Crippen LogP contribution < -0.4 is 20.9 Å². The molecule has 4 amide bonds. The molecule has 3 aromatic heterocycles. The van der Waals surface area contributed by atoms with Crippen LogP contribution in [0.25, 0.3) is 0 Å². The van der Waals surface area contributed by atoms with Gasteiger partial charge in [-0.2, -0.15) is 0 Å². The molecule has 10 nitrogen and oxygen atoms in total. The van der Waals surface area contributed by atoms with E-state index in [2.05, 4.69) is 20.3 Å². The van der Waals surface area contributed by atoms with Crippen molar-refractivity contribution in [1.29, 1.82) is 0 Å². The lowest BCUT2D eigenvalue weighted by Gasteiger charge is -2.21. The van der Waals surface area contributed by atoms with E-state index in [9.17, 15) is 27.2 Å². The average Bonchev–Trinajstić information content (AvgIpc) is 3.98. The number of rotatable bonds is 13. The van der Waals surface area contributed by atoms with E-state index in [-0.39, 0.29) is 47.2 Å². The van der Waals surface area contributed by atoms with E-state index in [1.54, 1.807) is 108 Å². The van der Waals surface area contributed by atoms with Crippen LogP contribution in [0.5, 0.6) is 0 Å². The molecule has 15 heteroatoms. The zero-order chi connectivity index (χ0) is 48.1. The standard InChI is InChI=1S/C24H23F2N3O.C16H15ClF2.C8H9N3O.C5H6N2/c25-20-7-3-18(4-8-20)23(19-5-9-21(26)10-6-19)2-1-15-28-16-17-29(24(28)30)22-11-13-27-14-12-22;17-11-1-2-16(12-3-7-14(18)8-4-12)13-5-9-15(19)10-6-13;12-8-10-5-6-11(8)7-1-3-9-4-2-7;6-5-1-3-7-4-2-5/h3-14,23H,1-2,15-17H2;3-10,16H,1-2,11H2;1-4H,5-6H2,(H,10,12);1-4H,(H2,6,7). The number of anilines is 3. The molecule has 3 N–H and O–H groups in total. The molecule has 5 heterocycles. The van der Waals surface area contributed by atoms with Gasteiger partial charge in [-0.05, 0) is 133 Å². The Balaban J connectivity index is 0.000000169. The summed E-state index contributed by atoms with van der Waals surface area (Å²) in [5.41, 5.74) is 11.8. The number of aromatic nitrogens is 3. The summed E-state index contributed by atoms with van der Waals surface area (Å²) in [5.74, 6) is -0.345. The van der Waals surface area contributed by atoms with Crippen molar-refractivity contribution < 1.29 is 27.2 Å². The summed E-state index contributed by atoms with van der Waals surface area (Å²) in [6.45, 7) is 3.43. The third kappa shape index (κ3) is 15.1. The number of nitrogen functional groups attached to an aromatic ring is 1. The van der Waals surface area contributed by atoms with E-state index in [0.29, 0.717) is 25.5 Å². The second kappa shape index (κ2) is 26.1. The fourth-order valence-corrected chi connectivity index (χ4v) is 7.91. The van der Waals surface area contributed by atoms with E-state index < -0.39 is 0 Å². The monoisotopic (exact) mass is 944 g/mol. The first-order valence-corrected chi connectivity index (χ1v) is 22.8. The van der Waals surface area contributed by atoms with Gasteiger partial charge in [0.05, 0.1) is 0 Å². The molecular formula is C53H53ClF4N8O2. The van der Waals surface area contributed by atoms with Crippen LogP contribution in [0.4, 0.5) is 44.2 Å². The number of amides is 4. The summed E-state index contributed by atoms with van der Waals surface area (Å²) >= 11 is 5.75. The first kappa shape index (κ1) is 50.1. The Morgan fingerprint density at radius 3 is 1.25 bits per heavy atom. The molecule has 9 rings (SSSR count). The SMILES string of the molecule is Fc1ccc(C(CCCCl)c2ccc(F)cc2)cc1.Nc1ccncc1.O=C1N(CCCC(c2ccc(F)cc2)c2ccc(F)cc2)CCN1c1ccncc1.O=C1NCCN1c1ccncc1. The molecule has 0 atom stereocenters. The Morgan fingerprint density at radius 2 is 0.897 bits per heavy atom. The maximum atomic E-state index is 13.4. The second-order valence-electron chi connectivity index (χ2n) is 15.8. The Hall–Kier alpha value is -7.32. The van der Waals surface area contributed by atoms with Crippen LogP contribution in [-0.2, 0) is 0 Å². The summed E-state index contributed by atoms with van der Waals surface area (Å²) in [7, 11) is 0. The molecule has 0 aliphatic carbocycles. The molecular weight excluding hydrogens is 892 g/mol. The van der Waals surface area contributed by atoms with E-state index in [4.69, 9.17) is 17.3 Å². The van der Waals surface area contributed by atoms with Crippen LogP contribution in [0.2, 0.25) is 0 Å². The van der Waals surface area contributed by atoms with Crippen molar-refractivity contribution in [1.82, 2.24) is 25.2 Å². The summed E-state index contributed by atoms with van der Waals surface area (Å²) in [5, 5.41) is 2.73. The molecule has 0 unspecified atom stereocenters. The van der Waals surface area contributed by atoms with Gasteiger partial charge >= 0.3 is 12.1 Å². The predicted octanol–water partition coefficient (Wildman–Crippen LogP) is 11.6. The number of nitrogens with zero attached hydrogens (tertiary/aromatic N) is 6. The highest BCUT2D eigenvalue weighted by Gasteiger charge is 2.29. The number of hydrogen-bond acceptors (Lipinski definition) is 6. The average molecular weight is 946 g/mol. The van der Waals surface area contributed by atoms with Crippen molar-refractivity contribution in [3.63, 3.8) is 0 Å². The maximum absolute atomic E-state index is 13.4. The highest BCUT2D eigenvalue weighted by Crippen LogP contribution is 2.32. The van der Waals surface area contributed by atoms with E-state index in [1.807, 2.05) is 29.2 Å². The molecule has 7 aromatic rings. The lowest BCUT2D eigenvalue weighted by Crippen LogP contribution is -2.32. The van der Waals surface area contributed by atoms with Crippen molar-refractivity contribution in [3.8, 4) is 0 Å². The van der Waals surface area contributed by atoms with Crippen LogP contribution in [0, 0.1) is 23.3 Å². The van der Waals surface area contributed by atoms with Gasteiger partial charge in [-0.1, -0.05) is 48.5 Å². The maximum Gasteiger partial charge on any atom is 0.324 e. The fourth-order valence-electron chi connectivity index (χ4n) is 7.76. The van der Waals surface area contributed by atoms with Crippen LogP contribution >= 0.6 is 11.6 Å². The lowest BCUT2D eigenvalue weighted by molar-refractivity contribution is 0.219. The smallest absolute Gasteiger partial charge is 0.324 e. The molecule has 0 bridgehead atoms. The Bertz CT molecular complexity index is 2480. The summed E-state index contributed by atoms with van der Waals surface area (Å²) in [6.07, 6.45) is 13.3. The topological polar surface area (TPSA) is 121 Å². The quantitative estimate of drug-likeness (QED) is 0.0877. The van der Waals surface area contributed by atoms with Gasteiger partial charge in [0.25, 0.3) is 0 Å². The predicted molar refractivity (Wildman–Crippen MR) is 261 cm³/mol. The van der Waals surface area contributed by atoms with Gasteiger partial charge in [0.1, 0.15) is 23.3 Å². The van der Waals surface area contributed by atoms with Crippen LogP contribution in [0.15, 0.2) is 171 Å². The van der Waals surface area contributed by atoms with Gasteiger partial charge in [0.2, 0.25) is 0 Å². The minimum atomic E-state index is -0.282. The first-order valence-electron chi connectivity index (χ1n) is 22.2. The van der Waals surface area contributed by atoms with Gasteiger partial charge in [0.15, 0.2) is 0 Å². The highest BCUT2D eigenvalue weighted by atomic mass is 35.5. The summed E-state index contributed by atoms with van der Waals surface area (Å²) < 4.78 is 52.7. The fraction of sp³-hybridized carbons (Fsp3) is 0.226. The Labute approximate surface area is 399 Å². The molecule has 4 aromatic carbocycles. The first-order chi connectivity index (χ1) is 33.1. The molecule has 0 saturated carbocycles. The van der Waals surface area contributed by atoms with Crippen molar-refractivity contribution >= 4 is 40.7 Å². The number of urea groups is 2. The molecule has 2 saturated heterocycles.